The first-order chi connectivity index (χ1) is 9.65. The minimum atomic E-state index is -0.247. The summed E-state index contributed by atoms with van der Waals surface area (Å²) in [5, 5.41) is 5.14. The molecule has 0 saturated carbocycles. The van der Waals surface area contributed by atoms with Gasteiger partial charge in [0, 0.05) is 17.0 Å². The molecule has 2 rings (SSSR count). The van der Waals surface area contributed by atoms with E-state index in [-0.39, 0.29) is 12.5 Å². The van der Waals surface area contributed by atoms with Crippen molar-refractivity contribution in [3.63, 3.8) is 0 Å². The van der Waals surface area contributed by atoms with E-state index in [1.54, 1.807) is 29.5 Å². The van der Waals surface area contributed by atoms with Crippen LogP contribution in [0.2, 0.25) is 5.02 Å². The van der Waals surface area contributed by atoms with Crippen LogP contribution in [0.25, 0.3) is 0 Å². The number of hydrogen-bond donors (Lipinski definition) is 2. The number of nitrogen functional groups attached to an aromatic ring is 1. The molecule has 6 heteroatoms. The number of ether oxygens (including phenoxy) is 1. The second-order valence-electron chi connectivity index (χ2n) is 4.17. The van der Waals surface area contributed by atoms with Crippen LogP contribution in [-0.2, 0) is 16.0 Å². The summed E-state index contributed by atoms with van der Waals surface area (Å²) in [6, 6.07) is 8.97. The molecular weight excluding hydrogens is 296 g/mol. The third-order valence-electron chi connectivity index (χ3n) is 2.57. The lowest BCUT2D eigenvalue weighted by Crippen LogP contribution is -2.19. The smallest absolute Gasteiger partial charge is 0.250 e. The van der Waals surface area contributed by atoms with E-state index in [9.17, 15) is 4.79 Å². The van der Waals surface area contributed by atoms with Crippen molar-refractivity contribution in [3.8, 4) is 0 Å². The normalized spacial score (nSPS) is 10.4. The summed E-state index contributed by atoms with van der Waals surface area (Å²) in [5.74, 6) is -0.247. The van der Waals surface area contributed by atoms with Crippen LogP contribution < -0.4 is 11.1 Å². The summed E-state index contributed by atoms with van der Waals surface area (Å²) in [6.45, 7) is 0.509. The van der Waals surface area contributed by atoms with E-state index in [1.807, 2.05) is 17.5 Å². The Balaban J connectivity index is 1.73. The average Bonchev–Trinajstić information content (AvgIpc) is 2.92. The molecule has 0 bridgehead atoms. The van der Waals surface area contributed by atoms with Crippen LogP contribution in [0.4, 0.5) is 11.4 Å². The molecule has 4 nitrogen and oxygen atoms in total. The van der Waals surface area contributed by atoms with Gasteiger partial charge in [0.05, 0.1) is 17.3 Å². The van der Waals surface area contributed by atoms with Crippen molar-refractivity contribution in [2.24, 2.45) is 0 Å². The third kappa shape index (κ3) is 4.52. The first kappa shape index (κ1) is 14.8. The van der Waals surface area contributed by atoms with Gasteiger partial charge in [0.2, 0.25) is 5.91 Å². The third-order valence-corrected chi connectivity index (χ3v) is 3.84. The summed E-state index contributed by atoms with van der Waals surface area (Å²) >= 11 is 7.64. The number of nitrogens with two attached hydrogens (primary N) is 1. The number of thiophene rings is 1. The molecule has 0 radical (unpaired) electrons. The molecule has 1 amide bonds. The van der Waals surface area contributed by atoms with E-state index in [0.29, 0.717) is 23.0 Å². The number of benzene rings is 1. The van der Waals surface area contributed by atoms with E-state index >= 15 is 0 Å². The van der Waals surface area contributed by atoms with Crippen LogP contribution in [0, 0.1) is 0 Å². The van der Waals surface area contributed by atoms with Crippen LogP contribution >= 0.6 is 22.9 Å². The Labute approximate surface area is 126 Å². The molecule has 0 aliphatic carbocycles. The fraction of sp³-hybridized carbons (Fsp3) is 0.214. The lowest BCUT2D eigenvalue weighted by Gasteiger charge is -2.08. The summed E-state index contributed by atoms with van der Waals surface area (Å²) in [4.78, 5) is 12.9. The Morgan fingerprint density at radius 2 is 2.25 bits per heavy atom. The monoisotopic (exact) mass is 310 g/mol. The van der Waals surface area contributed by atoms with Crippen molar-refractivity contribution in [1.29, 1.82) is 0 Å². The minimum absolute atomic E-state index is 0.00347. The zero-order valence-corrected chi connectivity index (χ0v) is 12.3. The van der Waals surface area contributed by atoms with Crippen molar-refractivity contribution in [3.05, 3.63) is 45.6 Å². The summed E-state index contributed by atoms with van der Waals surface area (Å²) < 4.78 is 5.33. The van der Waals surface area contributed by atoms with Crippen LogP contribution in [0.5, 0.6) is 0 Å². The lowest BCUT2D eigenvalue weighted by molar-refractivity contribution is -0.120. The van der Waals surface area contributed by atoms with Gasteiger partial charge in [0.15, 0.2) is 0 Å². The quantitative estimate of drug-likeness (QED) is 0.636. The van der Waals surface area contributed by atoms with Crippen LogP contribution in [0.15, 0.2) is 35.7 Å². The van der Waals surface area contributed by atoms with Crippen molar-refractivity contribution < 1.29 is 9.53 Å². The van der Waals surface area contributed by atoms with Gasteiger partial charge in [-0.15, -0.1) is 11.3 Å². The number of carbonyl (C=O) groups excluding carboxylic acids is 1. The van der Waals surface area contributed by atoms with E-state index < -0.39 is 0 Å². The van der Waals surface area contributed by atoms with Crippen molar-refractivity contribution in [2.45, 2.75) is 6.42 Å². The molecule has 106 valence electrons. The highest BCUT2D eigenvalue weighted by atomic mass is 35.5. The summed E-state index contributed by atoms with van der Waals surface area (Å²) in [7, 11) is 0. The van der Waals surface area contributed by atoms with Gasteiger partial charge < -0.3 is 15.8 Å². The molecule has 1 heterocycles. The highest BCUT2D eigenvalue weighted by Crippen LogP contribution is 2.23. The number of nitrogens with one attached hydrogen (secondary N) is 1. The Morgan fingerprint density at radius 1 is 1.40 bits per heavy atom. The number of amides is 1. The maximum absolute atomic E-state index is 11.7. The molecule has 1 aromatic heterocycles. The number of halogens is 1. The molecule has 0 aliphatic heterocycles. The topological polar surface area (TPSA) is 64.3 Å². The van der Waals surface area contributed by atoms with Gasteiger partial charge in [-0.2, -0.15) is 0 Å². The second-order valence-corrected chi connectivity index (χ2v) is 5.61. The summed E-state index contributed by atoms with van der Waals surface area (Å²) in [5.41, 5.74) is 6.68. The van der Waals surface area contributed by atoms with E-state index in [0.717, 1.165) is 6.42 Å². The molecule has 0 fully saturated rings. The first-order valence-electron chi connectivity index (χ1n) is 6.10. The Morgan fingerprint density at radius 3 is 3.00 bits per heavy atom. The highest BCUT2D eigenvalue weighted by Gasteiger charge is 2.06. The fourth-order valence-corrected chi connectivity index (χ4v) is 2.47. The standard InChI is InChI=1S/C14H15ClN2O2S/c15-12-4-3-10(16)8-13(12)17-14(18)9-19-6-5-11-2-1-7-20-11/h1-4,7-8H,5-6,9,16H2,(H,17,18). The van der Waals surface area contributed by atoms with Crippen LogP contribution in [-0.4, -0.2) is 19.1 Å². The average molecular weight is 311 g/mol. The first-order valence-corrected chi connectivity index (χ1v) is 7.36. The maximum atomic E-state index is 11.7. The minimum Gasteiger partial charge on any atom is -0.399 e. The van der Waals surface area contributed by atoms with E-state index in [1.165, 1.54) is 4.88 Å². The molecule has 1 aromatic carbocycles. The predicted octanol–water partition coefficient (Wildman–Crippen LogP) is 3.18. The zero-order chi connectivity index (χ0) is 14.4. The molecule has 0 aliphatic rings. The highest BCUT2D eigenvalue weighted by molar-refractivity contribution is 7.09. The van der Waals surface area contributed by atoms with E-state index in [2.05, 4.69) is 5.32 Å². The van der Waals surface area contributed by atoms with Gasteiger partial charge in [-0.25, -0.2) is 0 Å². The maximum Gasteiger partial charge on any atom is 0.250 e. The van der Waals surface area contributed by atoms with Crippen LogP contribution in [0.3, 0.4) is 0 Å². The summed E-state index contributed by atoms with van der Waals surface area (Å²) in [6.07, 6.45) is 0.810. The molecular formula is C14H15ClN2O2S. The van der Waals surface area contributed by atoms with Gasteiger partial charge in [-0.3, -0.25) is 4.79 Å². The second kappa shape index (κ2) is 7.28. The van der Waals surface area contributed by atoms with Gasteiger partial charge >= 0.3 is 0 Å². The van der Waals surface area contributed by atoms with Gasteiger partial charge in [0.1, 0.15) is 6.61 Å². The Bertz CT molecular complexity index is 573. The molecule has 0 unspecified atom stereocenters. The predicted molar refractivity (Wildman–Crippen MR) is 83.3 cm³/mol. The molecule has 0 atom stereocenters. The number of anilines is 2. The fourth-order valence-electron chi connectivity index (χ4n) is 1.62. The van der Waals surface area contributed by atoms with Crippen molar-refractivity contribution >= 4 is 40.2 Å². The zero-order valence-electron chi connectivity index (χ0n) is 10.8. The van der Waals surface area contributed by atoms with Gasteiger partial charge in [0.25, 0.3) is 0 Å². The number of rotatable bonds is 6. The van der Waals surface area contributed by atoms with E-state index in [4.69, 9.17) is 22.1 Å². The lowest BCUT2D eigenvalue weighted by atomic mass is 10.3. The molecule has 0 spiro atoms. The number of carbonyl (C=O) groups is 1. The van der Waals surface area contributed by atoms with Gasteiger partial charge in [-0.1, -0.05) is 17.7 Å². The Kier molecular flexibility index (Phi) is 5.40. The Hall–Kier alpha value is -1.56. The molecule has 3 N–H and O–H groups in total. The number of hydrogen-bond acceptors (Lipinski definition) is 4. The van der Waals surface area contributed by atoms with Gasteiger partial charge in [-0.05, 0) is 29.6 Å². The van der Waals surface area contributed by atoms with Crippen LogP contribution in [0.1, 0.15) is 4.88 Å². The van der Waals surface area contributed by atoms with Crippen molar-refractivity contribution in [2.75, 3.05) is 24.3 Å². The molecule has 2 aromatic rings. The molecule has 0 saturated heterocycles. The van der Waals surface area contributed by atoms with Crippen molar-refractivity contribution in [1.82, 2.24) is 0 Å². The largest absolute Gasteiger partial charge is 0.399 e. The molecule has 20 heavy (non-hydrogen) atoms. The SMILES string of the molecule is Nc1ccc(Cl)c(NC(=O)COCCc2cccs2)c1.